The summed E-state index contributed by atoms with van der Waals surface area (Å²) < 4.78 is 2.87. The highest BCUT2D eigenvalue weighted by Gasteiger charge is 2.34. The van der Waals surface area contributed by atoms with Gasteiger partial charge in [-0.1, -0.05) is 6.08 Å². The third kappa shape index (κ3) is 3.21. The van der Waals surface area contributed by atoms with Crippen LogP contribution in [0.4, 0.5) is 5.69 Å². The molecule has 2 bridgehead atoms. The van der Waals surface area contributed by atoms with E-state index in [1.165, 1.54) is 11.8 Å². The number of carbonyl (C=O) groups is 2. The predicted octanol–water partition coefficient (Wildman–Crippen LogP) is 4.82. The summed E-state index contributed by atoms with van der Waals surface area (Å²) in [6.45, 7) is 0.387. The summed E-state index contributed by atoms with van der Waals surface area (Å²) in [5.74, 6) is -0.1000. The van der Waals surface area contributed by atoms with Gasteiger partial charge in [-0.2, -0.15) is 0 Å². The molecule has 0 saturated carbocycles. The maximum absolute atomic E-state index is 13.0. The largest absolute Gasteiger partial charge is 0.398 e. The Morgan fingerprint density at radius 1 is 1.21 bits per heavy atom. The van der Waals surface area contributed by atoms with Gasteiger partial charge >= 0.3 is 0 Å². The summed E-state index contributed by atoms with van der Waals surface area (Å²) in [5, 5.41) is 3.68. The van der Waals surface area contributed by atoms with Gasteiger partial charge in [0.05, 0.1) is 26.0 Å². The number of anilines is 1. The Kier molecular flexibility index (Phi) is 4.77. The van der Waals surface area contributed by atoms with E-state index in [0.717, 1.165) is 43.4 Å². The first-order chi connectivity index (χ1) is 14.2. The number of carbonyl (C=O) groups excluding carboxylic acids is 2. The molecule has 0 aliphatic carbocycles. The van der Waals surface area contributed by atoms with Crippen LogP contribution in [0.15, 0.2) is 46.1 Å². The molecule has 5 nitrogen and oxygen atoms in total. The number of aromatic nitrogens is 1. The van der Waals surface area contributed by atoms with Crippen molar-refractivity contribution in [2.45, 2.75) is 11.7 Å². The molecule has 0 spiro atoms. The van der Waals surface area contributed by atoms with E-state index in [9.17, 15) is 9.59 Å². The Morgan fingerprint density at radius 2 is 2.07 bits per heavy atom. The number of aldehydes is 1. The maximum atomic E-state index is 13.0. The van der Waals surface area contributed by atoms with E-state index in [1.54, 1.807) is 27.2 Å². The molecule has 0 aromatic carbocycles. The minimum Gasteiger partial charge on any atom is -0.398 e. The lowest BCUT2D eigenvalue weighted by Crippen LogP contribution is -2.22. The standard InChI is InChI=1S/C21H17N3O2S3/c22-13-4-7-27-17(13)2-1-14-12-9-19(29-20(12)11-25)16-10-18-15(5-8-28-18)24(16)21(26)3-6-23-14/h1-2,4-5,7-12,20H,3,6,22H2/b2-1+,23-14?. The predicted molar refractivity (Wildman–Crippen MR) is 124 cm³/mol. The van der Waals surface area contributed by atoms with Crippen LogP contribution < -0.4 is 5.73 Å². The van der Waals surface area contributed by atoms with Crippen molar-refractivity contribution in [2.24, 2.45) is 10.9 Å². The lowest BCUT2D eigenvalue weighted by molar-refractivity contribution is -0.107. The van der Waals surface area contributed by atoms with Crippen molar-refractivity contribution in [3.8, 4) is 0 Å². The number of nitrogens with zero attached hydrogens (tertiary/aromatic N) is 2. The summed E-state index contributed by atoms with van der Waals surface area (Å²) in [6.07, 6.45) is 7.27. The Bertz CT molecular complexity index is 1210. The number of rotatable bonds is 3. The molecule has 0 amide bonds. The molecule has 2 aliphatic heterocycles. The van der Waals surface area contributed by atoms with E-state index in [-0.39, 0.29) is 17.1 Å². The second-order valence-corrected chi connectivity index (χ2v) is 9.95. The van der Waals surface area contributed by atoms with Crippen LogP contribution in [0, 0.1) is 5.92 Å². The zero-order valence-electron chi connectivity index (χ0n) is 15.3. The van der Waals surface area contributed by atoms with Gasteiger partial charge in [-0.3, -0.25) is 14.4 Å². The number of hydrogen-bond acceptors (Lipinski definition) is 7. The zero-order valence-corrected chi connectivity index (χ0v) is 17.7. The number of aliphatic imine (C=N–C) groups is 1. The molecule has 5 heterocycles. The van der Waals surface area contributed by atoms with Gasteiger partial charge in [-0.25, -0.2) is 0 Å². The third-order valence-electron chi connectivity index (χ3n) is 5.10. The molecule has 2 aliphatic rings. The lowest BCUT2D eigenvalue weighted by atomic mass is 9.97. The van der Waals surface area contributed by atoms with Crippen LogP contribution in [0.3, 0.4) is 0 Å². The van der Waals surface area contributed by atoms with Crippen LogP contribution in [0.5, 0.6) is 0 Å². The number of nitrogens with two attached hydrogens (primary N) is 1. The molecule has 29 heavy (non-hydrogen) atoms. The van der Waals surface area contributed by atoms with Crippen molar-refractivity contribution in [3.05, 3.63) is 51.7 Å². The third-order valence-corrected chi connectivity index (χ3v) is 8.13. The first-order valence-electron chi connectivity index (χ1n) is 9.17. The van der Waals surface area contributed by atoms with Crippen molar-refractivity contribution in [2.75, 3.05) is 12.3 Å². The Balaban J connectivity index is 1.60. The second-order valence-electron chi connectivity index (χ2n) is 6.83. The summed E-state index contributed by atoms with van der Waals surface area (Å²) in [5.41, 5.74) is 9.33. The SMILES string of the molecule is Nc1ccsc1/C=C/C1=NCCC(=O)n2c(cc3sccc32)C2=CC1C(C=O)S2. The number of allylic oxidation sites excluding steroid dienone is 2. The Morgan fingerprint density at radius 3 is 2.86 bits per heavy atom. The monoisotopic (exact) mass is 439 g/mol. The van der Waals surface area contributed by atoms with Gasteiger partial charge in [-0.15, -0.1) is 34.4 Å². The molecule has 8 heteroatoms. The number of nitrogen functional groups attached to an aromatic ring is 1. The van der Waals surface area contributed by atoms with E-state index in [4.69, 9.17) is 10.7 Å². The highest BCUT2D eigenvalue weighted by Crippen LogP contribution is 2.45. The molecule has 0 saturated heterocycles. The molecule has 146 valence electrons. The fourth-order valence-electron chi connectivity index (χ4n) is 3.69. The van der Waals surface area contributed by atoms with Crippen LogP contribution in [0.25, 0.3) is 21.2 Å². The zero-order chi connectivity index (χ0) is 20.0. The fourth-order valence-corrected chi connectivity index (χ4v) is 6.42. The number of hydrogen-bond donors (Lipinski definition) is 1. The number of thiophene rings is 2. The minimum absolute atomic E-state index is 0.0254. The molecule has 2 atom stereocenters. The van der Waals surface area contributed by atoms with Gasteiger partial charge < -0.3 is 10.5 Å². The van der Waals surface area contributed by atoms with Gasteiger partial charge in [0.2, 0.25) is 5.91 Å². The number of fused-ring (bicyclic) bond motifs is 5. The van der Waals surface area contributed by atoms with Crippen LogP contribution >= 0.6 is 34.4 Å². The van der Waals surface area contributed by atoms with E-state index in [1.807, 2.05) is 35.0 Å². The van der Waals surface area contributed by atoms with Crippen LogP contribution in [0.2, 0.25) is 0 Å². The fraction of sp³-hybridized carbons (Fsp3) is 0.190. The molecule has 2 unspecified atom stereocenters. The first kappa shape index (κ1) is 18.6. The summed E-state index contributed by atoms with van der Waals surface area (Å²) in [6, 6.07) is 5.90. The van der Waals surface area contributed by atoms with Crippen molar-refractivity contribution in [1.82, 2.24) is 4.57 Å². The van der Waals surface area contributed by atoms with Crippen molar-refractivity contribution in [1.29, 1.82) is 0 Å². The van der Waals surface area contributed by atoms with Crippen molar-refractivity contribution < 1.29 is 9.59 Å². The van der Waals surface area contributed by atoms with Crippen LogP contribution in [-0.2, 0) is 4.79 Å². The van der Waals surface area contributed by atoms with Crippen LogP contribution in [-0.4, -0.2) is 34.3 Å². The van der Waals surface area contributed by atoms with E-state index < -0.39 is 0 Å². The molecular formula is C21H17N3O2S3. The molecule has 3 aromatic rings. The Hall–Kier alpha value is -2.42. The molecule has 0 radical (unpaired) electrons. The van der Waals surface area contributed by atoms with E-state index >= 15 is 0 Å². The quantitative estimate of drug-likeness (QED) is 0.594. The minimum atomic E-state index is -0.260. The average molecular weight is 440 g/mol. The smallest absolute Gasteiger partial charge is 0.233 e. The van der Waals surface area contributed by atoms with E-state index in [2.05, 4.69) is 12.1 Å². The Labute approximate surface area is 179 Å². The highest BCUT2D eigenvalue weighted by molar-refractivity contribution is 8.09. The number of thioether (sulfide) groups is 1. The maximum Gasteiger partial charge on any atom is 0.233 e. The van der Waals surface area contributed by atoms with Crippen molar-refractivity contribution in [3.63, 3.8) is 0 Å². The average Bonchev–Trinajstić information content (AvgIpc) is 3.46. The van der Waals surface area contributed by atoms with Gasteiger partial charge in [0.15, 0.2) is 0 Å². The lowest BCUT2D eigenvalue weighted by Gasteiger charge is -2.13. The molecule has 2 N–H and O–H groups in total. The van der Waals surface area contributed by atoms with E-state index in [0.29, 0.717) is 13.0 Å². The van der Waals surface area contributed by atoms with Crippen molar-refractivity contribution >= 4 is 79.2 Å². The molecular weight excluding hydrogens is 422 g/mol. The highest BCUT2D eigenvalue weighted by atomic mass is 32.2. The molecule has 0 fully saturated rings. The van der Waals surface area contributed by atoms with Gasteiger partial charge in [0.1, 0.15) is 6.29 Å². The first-order valence-corrected chi connectivity index (χ1v) is 11.8. The molecule has 5 rings (SSSR count). The van der Waals surface area contributed by atoms with Crippen LogP contribution in [0.1, 0.15) is 21.8 Å². The second kappa shape index (κ2) is 7.44. The summed E-state index contributed by atoms with van der Waals surface area (Å²) in [7, 11) is 0. The summed E-state index contributed by atoms with van der Waals surface area (Å²) >= 11 is 4.69. The van der Waals surface area contributed by atoms with Gasteiger partial charge in [0, 0.05) is 35.2 Å². The normalized spacial score (nSPS) is 22.0. The molecule has 3 aromatic heterocycles. The van der Waals surface area contributed by atoms with Gasteiger partial charge in [0.25, 0.3) is 0 Å². The summed E-state index contributed by atoms with van der Waals surface area (Å²) in [4.78, 5) is 31.5. The van der Waals surface area contributed by atoms with Gasteiger partial charge in [-0.05, 0) is 41.1 Å². The topological polar surface area (TPSA) is 77.4 Å².